The van der Waals surface area contributed by atoms with Crippen LogP contribution in [0.5, 0.6) is 5.75 Å². The molecule has 38 heavy (non-hydrogen) atoms. The van der Waals surface area contributed by atoms with Crippen molar-refractivity contribution in [1.29, 1.82) is 0 Å². The van der Waals surface area contributed by atoms with Crippen LogP contribution >= 0.6 is 0 Å². The van der Waals surface area contributed by atoms with E-state index in [4.69, 9.17) is 19.9 Å². The molecule has 1 spiro atoms. The van der Waals surface area contributed by atoms with Crippen LogP contribution in [0.2, 0.25) is 0 Å². The summed E-state index contributed by atoms with van der Waals surface area (Å²) in [6.45, 7) is 6.89. The van der Waals surface area contributed by atoms with Crippen molar-refractivity contribution in [3.8, 4) is 5.75 Å². The molecule has 1 atom stereocenters. The van der Waals surface area contributed by atoms with E-state index in [1.807, 2.05) is 24.3 Å². The summed E-state index contributed by atoms with van der Waals surface area (Å²) in [5, 5.41) is 3.09. The van der Waals surface area contributed by atoms with Crippen molar-refractivity contribution < 1.29 is 31.8 Å². The number of hydrogen-bond donors (Lipinski definition) is 2. The van der Waals surface area contributed by atoms with E-state index in [1.165, 1.54) is 18.2 Å². The maximum Gasteiger partial charge on any atom is 0.435 e. The van der Waals surface area contributed by atoms with Crippen molar-refractivity contribution >= 4 is 27.5 Å². The number of rotatable bonds is 5. The van der Waals surface area contributed by atoms with Crippen LogP contribution in [0.15, 0.2) is 47.5 Å². The first kappa shape index (κ1) is 27.8. The molecule has 9 nitrogen and oxygen atoms in total. The van der Waals surface area contributed by atoms with E-state index in [2.05, 4.69) is 10.3 Å². The number of anilines is 1. The first-order chi connectivity index (χ1) is 17.7. The van der Waals surface area contributed by atoms with E-state index in [9.17, 15) is 17.6 Å². The average molecular weight is 548 g/mol. The Morgan fingerprint density at radius 3 is 2.45 bits per heavy atom. The van der Waals surface area contributed by atoms with Gasteiger partial charge in [-0.15, -0.1) is 0 Å². The number of amides is 1. The van der Waals surface area contributed by atoms with E-state index in [-0.39, 0.29) is 42.6 Å². The van der Waals surface area contributed by atoms with Gasteiger partial charge in [-0.2, -0.15) is 4.99 Å². The Bertz CT molecular complexity index is 1350. The van der Waals surface area contributed by atoms with Gasteiger partial charge in [0.1, 0.15) is 27.8 Å². The number of methoxy groups -OCH3 is 1. The maximum atomic E-state index is 14.9. The number of amidine groups is 1. The third-order valence-electron chi connectivity index (χ3n) is 6.84. The zero-order valence-corrected chi connectivity index (χ0v) is 23.0. The minimum atomic E-state index is -3.94. The number of halogens is 1. The van der Waals surface area contributed by atoms with Gasteiger partial charge in [0.2, 0.25) is 0 Å². The summed E-state index contributed by atoms with van der Waals surface area (Å²) < 4.78 is 57.6. The lowest BCUT2D eigenvalue weighted by atomic mass is 9.78. The molecule has 1 saturated heterocycles. The molecule has 1 aliphatic heterocycles. The van der Waals surface area contributed by atoms with Gasteiger partial charge < -0.3 is 25.3 Å². The highest BCUT2D eigenvalue weighted by molar-refractivity contribution is 7.93. The maximum absolute atomic E-state index is 14.9. The summed E-state index contributed by atoms with van der Waals surface area (Å²) in [6, 6.07) is 11.3. The fraction of sp³-hybridized carbons (Fsp3) is 0.481. The number of benzene rings is 2. The van der Waals surface area contributed by atoms with Gasteiger partial charge in [-0.1, -0.05) is 12.1 Å². The fourth-order valence-electron chi connectivity index (χ4n) is 4.87. The number of nitrogens with zero attached hydrogens (tertiary/aromatic N) is 1. The van der Waals surface area contributed by atoms with Crippen LogP contribution in [0.3, 0.4) is 0 Å². The van der Waals surface area contributed by atoms with E-state index in [1.54, 1.807) is 34.8 Å². The number of carbonyl (C=O) groups excluding carboxylic acids is 1. The summed E-state index contributed by atoms with van der Waals surface area (Å²) in [6.07, 6.45) is -1.13. The van der Waals surface area contributed by atoms with Crippen LogP contribution in [0.4, 0.5) is 14.9 Å². The second-order valence-electron chi connectivity index (χ2n) is 11.1. The van der Waals surface area contributed by atoms with Crippen molar-refractivity contribution in [2.75, 3.05) is 18.6 Å². The normalized spacial score (nSPS) is 27.4. The first-order valence-corrected chi connectivity index (χ1v) is 13.9. The summed E-state index contributed by atoms with van der Waals surface area (Å²) in [7, 11) is -2.36. The molecule has 11 heteroatoms. The average Bonchev–Trinajstić information content (AvgIpc) is 2.77. The van der Waals surface area contributed by atoms with Gasteiger partial charge >= 0.3 is 6.09 Å². The minimum Gasteiger partial charge on any atom is -0.497 e. The Labute approximate surface area is 222 Å². The minimum absolute atomic E-state index is 0.0689. The Kier molecular flexibility index (Phi) is 7.22. The van der Waals surface area contributed by atoms with Gasteiger partial charge in [-0.25, -0.2) is 17.6 Å². The number of sulfone groups is 1. The molecule has 2 aromatic rings. The van der Waals surface area contributed by atoms with Gasteiger partial charge in [0.25, 0.3) is 0 Å². The highest BCUT2D eigenvalue weighted by Crippen LogP contribution is 2.48. The van der Waals surface area contributed by atoms with Gasteiger partial charge in [0, 0.05) is 24.1 Å². The molecule has 2 fully saturated rings. The summed E-state index contributed by atoms with van der Waals surface area (Å²) in [4.78, 5) is 16.8. The Hall–Kier alpha value is -3.18. The zero-order chi connectivity index (χ0) is 27.9. The lowest BCUT2D eigenvalue weighted by molar-refractivity contribution is -0.0187. The summed E-state index contributed by atoms with van der Waals surface area (Å²) in [5.41, 5.74) is 4.88. The lowest BCUT2D eigenvalue weighted by Gasteiger charge is -2.53. The van der Waals surface area contributed by atoms with Crippen LogP contribution in [-0.4, -0.2) is 49.7 Å². The van der Waals surface area contributed by atoms with E-state index < -0.39 is 43.4 Å². The molecule has 0 radical (unpaired) electrons. The molecule has 1 heterocycles. The quantitative estimate of drug-likeness (QED) is 0.536. The van der Waals surface area contributed by atoms with Crippen molar-refractivity contribution in [2.24, 2.45) is 4.99 Å². The van der Waals surface area contributed by atoms with Crippen molar-refractivity contribution in [1.82, 2.24) is 5.32 Å². The van der Waals surface area contributed by atoms with Gasteiger partial charge in [-0.05, 0) is 63.6 Å². The predicted molar refractivity (Wildman–Crippen MR) is 142 cm³/mol. The lowest BCUT2D eigenvalue weighted by Crippen LogP contribution is -2.72. The molecule has 1 amide bonds. The summed E-state index contributed by atoms with van der Waals surface area (Å²) in [5.74, 6) is -0.393. The van der Waals surface area contributed by atoms with Crippen LogP contribution in [0.1, 0.15) is 51.7 Å². The number of nitrogens with two attached hydrogens (primary N) is 1. The number of ether oxygens (including phenoxy) is 3. The van der Waals surface area contributed by atoms with Gasteiger partial charge in [0.15, 0.2) is 9.84 Å². The second kappa shape index (κ2) is 9.85. The van der Waals surface area contributed by atoms with Crippen LogP contribution < -0.4 is 15.8 Å². The van der Waals surface area contributed by atoms with Crippen LogP contribution in [-0.2, 0) is 31.5 Å². The number of aliphatic imine (C=N–C) groups is 1. The smallest absolute Gasteiger partial charge is 0.435 e. The molecular formula is C27H34FN3O6S. The molecule has 3 N–H and O–H groups in total. The van der Waals surface area contributed by atoms with Crippen molar-refractivity contribution in [3.05, 3.63) is 59.4 Å². The van der Waals surface area contributed by atoms with E-state index >= 15 is 0 Å². The molecule has 4 rings (SSSR count). The second-order valence-corrected chi connectivity index (χ2v) is 13.4. The molecule has 1 aliphatic carbocycles. The van der Waals surface area contributed by atoms with Gasteiger partial charge in [0.05, 0.1) is 31.1 Å². The Balaban J connectivity index is 1.63. The first-order valence-electron chi connectivity index (χ1n) is 12.3. The highest BCUT2D eigenvalue weighted by atomic mass is 32.2. The third kappa shape index (κ3) is 5.49. The van der Waals surface area contributed by atoms with Crippen molar-refractivity contribution in [3.63, 3.8) is 0 Å². The standard InChI is InChI=1S/C27H34FN3O6S/c1-25(2,3)37-24(32)30-23-27(13-20(14-27)36-15-17-6-9-19(35-5)10-7-17)38(33,34)16-26(4,31-23)21-12-18(29)8-11-22(21)28/h6-12,20H,13-16,29H2,1-5H3,(H,30,31,32)/t20?,26-,27?/m0/s1. The Morgan fingerprint density at radius 2 is 1.84 bits per heavy atom. The molecule has 0 unspecified atom stereocenters. The predicted octanol–water partition coefficient (Wildman–Crippen LogP) is 4.10. The number of hydrogen-bond acceptors (Lipinski definition) is 7. The SMILES string of the molecule is COc1ccc(COC2CC3(C2)/C(=N/C(=O)OC(C)(C)C)N[C@](C)(c2cc(N)ccc2F)CS3(=O)=O)cc1. The topological polar surface area (TPSA) is 129 Å². The largest absolute Gasteiger partial charge is 0.497 e. The Morgan fingerprint density at radius 1 is 1.18 bits per heavy atom. The number of carbonyl (C=O) groups is 1. The monoisotopic (exact) mass is 547 g/mol. The van der Waals surface area contributed by atoms with E-state index in [0.717, 1.165) is 11.3 Å². The molecule has 2 aliphatic rings. The van der Waals surface area contributed by atoms with Crippen LogP contribution in [0, 0.1) is 5.82 Å². The zero-order valence-electron chi connectivity index (χ0n) is 22.2. The summed E-state index contributed by atoms with van der Waals surface area (Å²) >= 11 is 0. The highest BCUT2D eigenvalue weighted by Gasteiger charge is 2.64. The van der Waals surface area contributed by atoms with Gasteiger partial charge in [-0.3, -0.25) is 0 Å². The molecule has 0 bridgehead atoms. The molecule has 0 aromatic heterocycles. The van der Waals surface area contributed by atoms with Crippen molar-refractivity contribution in [2.45, 2.75) is 69.1 Å². The molecule has 206 valence electrons. The molecule has 2 aromatic carbocycles. The number of nitrogens with one attached hydrogen (secondary N) is 1. The third-order valence-corrected chi connectivity index (χ3v) is 9.52. The van der Waals surface area contributed by atoms with E-state index in [0.29, 0.717) is 0 Å². The number of nitrogen functional groups attached to an aromatic ring is 1. The molecule has 1 saturated carbocycles. The van der Waals surface area contributed by atoms with Crippen LogP contribution in [0.25, 0.3) is 0 Å². The molecular weight excluding hydrogens is 513 g/mol. The fourth-order valence-corrected chi connectivity index (χ4v) is 7.41.